The molecule has 9 heteroatoms. The molecule has 0 saturated carbocycles. The topological polar surface area (TPSA) is 97.0 Å². The molecule has 32 heavy (non-hydrogen) atoms. The van der Waals surface area contributed by atoms with Crippen LogP contribution in [0.5, 0.6) is 5.75 Å². The van der Waals surface area contributed by atoms with Crippen LogP contribution in [0, 0.1) is 13.8 Å². The molecule has 166 valence electrons. The first-order valence-electron chi connectivity index (χ1n) is 9.97. The van der Waals surface area contributed by atoms with Crippen molar-refractivity contribution in [3.63, 3.8) is 0 Å². The summed E-state index contributed by atoms with van der Waals surface area (Å²) in [6.45, 7) is 3.39. The zero-order valence-electron chi connectivity index (χ0n) is 17.8. The number of methoxy groups -OCH3 is 1. The number of aryl methyl sites for hydroxylation is 2. The highest BCUT2D eigenvalue weighted by molar-refractivity contribution is 6.31. The minimum Gasteiger partial charge on any atom is -0.495 e. The Balaban J connectivity index is 1.59. The van der Waals surface area contributed by atoms with Crippen molar-refractivity contribution < 1.29 is 23.9 Å². The van der Waals surface area contributed by atoms with Gasteiger partial charge >= 0.3 is 12.0 Å². The molecule has 2 aromatic rings. The van der Waals surface area contributed by atoms with Crippen LogP contribution in [0.3, 0.4) is 0 Å². The van der Waals surface area contributed by atoms with Crippen LogP contribution in [0.4, 0.5) is 10.5 Å². The summed E-state index contributed by atoms with van der Waals surface area (Å²) < 4.78 is 10.5. The van der Waals surface area contributed by atoms with Crippen molar-refractivity contribution in [1.82, 2.24) is 10.2 Å². The number of amides is 3. The third-order valence-electron chi connectivity index (χ3n) is 5.47. The van der Waals surface area contributed by atoms with Gasteiger partial charge in [-0.1, -0.05) is 41.4 Å². The summed E-state index contributed by atoms with van der Waals surface area (Å²) in [5, 5.41) is 6.07. The summed E-state index contributed by atoms with van der Waals surface area (Å²) >= 11 is 6.12. The Morgan fingerprint density at radius 2 is 1.97 bits per heavy atom. The molecule has 0 fully saturated rings. The largest absolute Gasteiger partial charge is 0.495 e. The molecule has 0 radical (unpaired) electrons. The summed E-state index contributed by atoms with van der Waals surface area (Å²) in [7, 11) is 1.47. The van der Waals surface area contributed by atoms with Gasteiger partial charge < -0.3 is 20.1 Å². The average molecular weight is 456 g/mol. The molecular formula is C23H22ClN3O5. The zero-order chi connectivity index (χ0) is 23.0. The van der Waals surface area contributed by atoms with Crippen molar-refractivity contribution in [3.05, 3.63) is 69.4 Å². The molecule has 4 rings (SSSR count). The molecule has 0 aliphatic carbocycles. The van der Waals surface area contributed by atoms with Crippen LogP contribution in [0.25, 0.3) is 0 Å². The average Bonchev–Trinajstić information content (AvgIpc) is 3.14. The molecule has 2 aliphatic rings. The van der Waals surface area contributed by atoms with E-state index in [2.05, 4.69) is 10.6 Å². The van der Waals surface area contributed by atoms with E-state index >= 15 is 0 Å². The van der Waals surface area contributed by atoms with Gasteiger partial charge in [0.05, 0.1) is 30.1 Å². The van der Waals surface area contributed by atoms with Gasteiger partial charge in [-0.3, -0.25) is 9.69 Å². The minimum atomic E-state index is -0.633. The van der Waals surface area contributed by atoms with Gasteiger partial charge in [-0.15, -0.1) is 0 Å². The lowest BCUT2D eigenvalue weighted by atomic mass is 9.95. The number of anilines is 1. The number of halogens is 1. The van der Waals surface area contributed by atoms with Crippen LogP contribution in [-0.2, 0) is 14.3 Å². The monoisotopic (exact) mass is 455 g/mol. The maximum atomic E-state index is 12.9. The van der Waals surface area contributed by atoms with E-state index in [1.807, 2.05) is 31.2 Å². The molecule has 2 aromatic carbocycles. The fourth-order valence-electron chi connectivity index (χ4n) is 3.75. The first kappa shape index (κ1) is 21.7. The Bertz CT molecular complexity index is 1140. The third kappa shape index (κ3) is 4.01. The van der Waals surface area contributed by atoms with Gasteiger partial charge in [-0.05, 0) is 31.0 Å². The number of hydrogen-bond acceptors (Lipinski definition) is 5. The van der Waals surface area contributed by atoms with Crippen LogP contribution >= 0.6 is 11.6 Å². The Labute approximate surface area is 190 Å². The molecule has 1 atom stereocenters. The van der Waals surface area contributed by atoms with Crippen molar-refractivity contribution in [2.75, 3.05) is 25.6 Å². The molecule has 2 aliphatic heterocycles. The maximum Gasteiger partial charge on any atom is 0.338 e. The van der Waals surface area contributed by atoms with Crippen LogP contribution in [0.15, 0.2) is 47.7 Å². The quantitative estimate of drug-likeness (QED) is 0.673. The number of carbonyl (C=O) groups excluding carboxylic acids is 3. The SMILES string of the molecule is COc1cc(Cl)c(C)cc1NC(=O)CN1C(=O)N[C@@H](c2ccc(C)cc2)C2=C1COC2=O. The number of carbonyl (C=O) groups is 3. The summed E-state index contributed by atoms with van der Waals surface area (Å²) in [4.78, 5) is 39.4. The summed E-state index contributed by atoms with van der Waals surface area (Å²) in [5.74, 6) is -0.568. The summed E-state index contributed by atoms with van der Waals surface area (Å²) in [6.07, 6.45) is 0. The molecule has 0 spiro atoms. The van der Waals surface area contributed by atoms with E-state index in [0.29, 0.717) is 27.7 Å². The summed E-state index contributed by atoms with van der Waals surface area (Å²) in [5.41, 5.74) is 3.74. The lowest BCUT2D eigenvalue weighted by molar-refractivity contribution is -0.136. The molecular weight excluding hydrogens is 434 g/mol. The molecule has 0 bridgehead atoms. The van der Waals surface area contributed by atoms with Crippen LogP contribution in [-0.4, -0.2) is 43.1 Å². The standard InChI is InChI=1S/C23H22ClN3O5/c1-12-4-6-14(7-5-12)21-20-17(11-32-22(20)29)27(23(30)26-21)10-19(28)25-16-8-13(2)15(24)9-18(16)31-3/h4-9,21H,10-11H2,1-3H3,(H,25,28)(H,26,30)/t21-/m0/s1. The van der Waals surface area contributed by atoms with Crippen LogP contribution < -0.4 is 15.4 Å². The number of cyclic esters (lactones) is 1. The van der Waals surface area contributed by atoms with Crippen molar-refractivity contribution in [3.8, 4) is 5.75 Å². The molecule has 2 N–H and O–H groups in total. The third-order valence-corrected chi connectivity index (χ3v) is 5.87. The number of urea groups is 1. The van der Waals surface area contributed by atoms with Gasteiger partial charge in [0.1, 0.15) is 18.9 Å². The molecule has 2 heterocycles. The van der Waals surface area contributed by atoms with Gasteiger partial charge in [-0.25, -0.2) is 9.59 Å². The smallest absolute Gasteiger partial charge is 0.338 e. The van der Waals surface area contributed by atoms with E-state index in [4.69, 9.17) is 21.1 Å². The molecule has 0 saturated heterocycles. The van der Waals surface area contributed by atoms with Gasteiger partial charge in [0, 0.05) is 11.1 Å². The lowest BCUT2D eigenvalue weighted by Crippen LogP contribution is -2.49. The van der Waals surface area contributed by atoms with Crippen LogP contribution in [0.2, 0.25) is 5.02 Å². The maximum absolute atomic E-state index is 12.9. The molecule has 0 unspecified atom stereocenters. The molecule has 8 nitrogen and oxygen atoms in total. The number of hydrogen-bond donors (Lipinski definition) is 2. The number of rotatable bonds is 5. The fourth-order valence-corrected chi connectivity index (χ4v) is 3.90. The Morgan fingerprint density at radius 1 is 1.25 bits per heavy atom. The van der Waals surface area contributed by atoms with E-state index < -0.39 is 23.9 Å². The normalized spacial score (nSPS) is 17.6. The van der Waals surface area contributed by atoms with E-state index in [9.17, 15) is 14.4 Å². The predicted molar refractivity (Wildman–Crippen MR) is 119 cm³/mol. The van der Waals surface area contributed by atoms with Crippen LogP contribution in [0.1, 0.15) is 22.7 Å². The first-order chi connectivity index (χ1) is 15.3. The number of ether oxygens (including phenoxy) is 2. The highest BCUT2D eigenvalue weighted by atomic mass is 35.5. The lowest BCUT2D eigenvalue weighted by Gasteiger charge is -2.32. The number of nitrogens with one attached hydrogen (secondary N) is 2. The number of nitrogens with zero attached hydrogens (tertiary/aromatic N) is 1. The van der Waals surface area contributed by atoms with Crippen molar-refractivity contribution >= 4 is 35.2 Å². The zero-order valence-corrected chi connectivity index (χ0v) is 18.6. The van der Waals surface area contributed by atoms with Gasteiger partial charge in [0.2, 0.25) is 5.91 Å². The molecule has 3 amide bonds. The van der Waals surface area contributed by atoms with Crippen molar-refractivity contribution in [2.45, 2.75) is 19.9 Å². The second-order valence-corrected chi connectivity index (χ2v) is 8.07. The van der Waals surface area contributed by atoms with Gasteiger partial charge in [-0.2, -0.15) is 0 Å². The van der Waals surface area contributed by atoms with E-state index in [0.717, 1.165) is 16.7 Å². The Hall–Kier alpha value is -3.52. The van der Waals surface area contributed by atoms with Crippen molar-refractivity contribution in [1.29, 1.82) is 0 Å². The highest BCUT2D eigenvalue weighted by Crippen LogP contribution is 2.35. The second-order valence-electron chi connectivity index (χ2n) is 7.67. The predicted octanol–water partition coefficient (Wildman–Crippen LogP) is 3.48. The van der Waals surface area contributed by atoms with E-state index in [1.54, 1.807) is 19.1 Å². The fraction of sp³-hybridized carbons (Fsp3) is 0.261. The number of benzene rings is 2. The van der Waals surface area contributed by atoms with E-state index in [1.165, 1.54) is 12.0 Å². The van der Waals surface area contributed by atoms with Gasteiger partial charge in [0.15, 0.2) is 0 Å². The second kappa shape index (κ2) is 8.55. The first-order valence-corrected chi connectivity index (χ1v) is 10.3. The Kier molecular flexibility index (Phi) is 5.80. The Morgan fingerprint density at radius 3 is 2.66 bits per heavy atom. The summed E-state index contributed by atoms with van der Waals surface area (Å²) in [6, 6.07) is 9.70. The highest BCUT2D eigenvalue weighted by Gasteiger charge is 2.42. The molecule has 0 aromatic heterocycles. The van der Waals surface area contributed by atoms with Crippen molar-refractivity contribution in [2.24, 2.45) is 0 Å². The van der Waals surface area contributed by atoms with E-state index in [-0.39, 0.29) is 13.2 Å². The number of esters is 1. The minimum absolute atomic E-state index is 0.0688. The van der Waals surface area contributed by atoms with Gasteiger partial charge in [0.25, 0.3) is 0 Å².